The number of benzene rings is 4. The van der Waals surface area contributed by atoms with Crippen LogP contribution in [-0.4, -0.2) is 0 Å². The molecular formula is C42H48. The fourth-order valence-electron chi connectivity index (χ4n) is 8.11. The largest absolute Gasteiger partial charge is 0.0870 e. The Labute approximate surface area is 254 Å². The molecule has 0 nitrogen and oxygen atoms in total. The molecule has 0 heterocycles. The third-order valence-corrected chi connectivity index (χ3v) is 11.1. The van der Waals surface area contributed by atoms with E-state index in [2.05, 4.69) is 141 Å². The monoisotopic (exact) mass is 552 g/mol. The third-order valence-electron chi connectivity index (χ3n) is 11.1. The van der Waals surface area contributed by atoms with Crippen molar-refractivity contribution in [3.05, 3.63) is 123 Å². The zero-order chi connectivity index (χ0) is 29.9. The van der Waals surface area contributed by atoms with Gasteiger partial charge in [-0.05, 0) is 110 Å². The van der Waals surface area contributed by atoms with Crippen molar-refractivity contribution in [2.24, 2.45) is 5.92 Å². The second-order valence-electron chi connectivity index (χ2n) is 13.8. The van der Waals surface area contributed by atoms with E-state index in [1.165, 1.54) is 79.3 Å². The lowest BCUT2D eigenvalue weighted by Gasteiger charge is -2.34. The Bertz CT molecular complexity index is 1740. The molecular weight excluding hydrogens is 504 g/mol. The van der Waals surface area contributed by atoms with Gasteiger partial charge in [-0.1, -0.05) is 139 Å². The Hall–Kier alpha value is -3.38. The van der Waals surface area contributed by atoms with Crippen LogP contribution < -0.4 is 0 Å². The standard InChI is InChI=1S/C42H48/c1-10-14-33-28(6)29(7)38-23-30(18-20-35(38)34(33)15-11-2)26(4)27(5)31-19-21-37-39(24-31)42(8,9)40-22-25(3)32-16-12-13-17-36(32)41(37)40/h11-13,15-24,26-29H,10,14H2,1-9H3/b15-11-. The maximum Gasteiger partial charge on any atom is 0.0159 e. The van der Waals surface area contributed by atoms with Crippen molar-refractivity contribution in [1.29, 1.82) is 0 Å². The summed E-state index contributed by atoms with van der Waals surface area (Å²) in [5, 5.41) is 2.76. The van der Waals surface area contributed by atoms with Crippen molar-refractivity contribution in [1.82, 2.24) is 0 Å². The van der Waals surface area contributed by atoms with Crippen LogP contribution in [0.4, 0.5) is 0 Å². The molecule has 4 unspecified atom stereocenters. The molecule has 0 spiro atoms. The van der Waals surface area contributed by atoms with Crippen LogP contribution in [0.3, 0.4) is 0 Å². The van der Waals surface area contributed by atoms with Gasteiger partial charge in [0.25, 0.3) is 0 Å². The van der Waals surface area contributed by atoms with Crippen molar-refractivity contribution in [3.63, 3.8) is 0 Å². The lowest BCUT2D eigenvalue weighted by Crippen LogP contribution is -2.19. The Morgan fingerprint density at radius 2 is 1.43 bits per heavy atom. The molecule has 0 heteroatoms. The molecule has 4 aromatic carbocycles. The first-order valence-corrected chi connectivity index (χ1v) is 16.3. The van der Waals surface area contributed by atoms with Crippen molar-refractivity contribution < 1.29 is 0 Å². The SMILES string of the molecule is C/C=C\C1=C(CCC)C(C)C(C)c2cc(C(C)C(C)c3ccc4c(c3)C(C)(C)c3cc(C)c5ccccc5c3-4)ccc21. The fraction of sp³-hybridized carbons (Fsp3) is 0.381. The van der Waals surface area contributed by atoms with Crippen LogP contribution in [0.25, 0.3) is 27.5 Å². The average molecular weight is 553 g/mol. The Morgan fingerprint density at radius 3 is 2.10 bits per heavy atom. The molecule has 216 valence electrons. The maximum atomic E-state index is 2.55. The van der Waals surface area contributed by atoms with Crippen molar-refractivity contribution in [2.45, 2.75) is 98.3 Å². The van der Waals surface area contributed by atoms with E-state index < -0.39 is 0 Å². The predicted octanol–water partition coefficient (Wildman–Crippen LogP) is 12.2. The topological polar surface area (TPSA) is 0 Å². The van der Waals surface area contributed by atoms with Gasteiger partial charge < -0.3 is 0 Å². The summed E-state index contributed by atoms with van der Waals surface area (Å²) >= 11 is 0. The van der Waals surface area contributed by atoms with Crippen molar-refractivity contribution >= 4 is 16.3 Å². The van der Waals surface area contributed by atoms with Crippen LogP contribution in [0.5, 0.6) is 0 Å². The van der Waals surface area contributed by atoms with Gasteiger partial charge in [-0.2, -0.15) is 0 Å². The molecule has 0 saturated heterocycles. The van der Waals surface area contributed by atoms with E-state index in [4.69, 9.17) is 0 Å². The second-order valence-corrected chi connectivity index (χ2v) is 13.8. The molecule has 0 saturated carbocycles. The zero-order valence-electron chi connectivity index (χ0n) is 27.2. The minimum Gasteiger partial charge on any atom is -0.0870 e. The van der Waals surface area contributed by atoms with E-state index in [9.17, 15) is 0 Å². The van der Waals surface area contributed by atoms with Crippen LogP contribution in [0.1, 0.15) is 125 Å². The molecule has 4 atom stereocenters. The van der Waals surface area contributed by atoms with E-state index in [1.807, 2.05) is 0 Å². The van der Waals surface area contributed by atoms with E-state index in [1.54, 1.807) is 5.57 Å². The first-order valence-electron chi connectivity index (χ1n) is 16.3. The van der Waals surface area contributed by atoms with E-state index in [0.717, 1.165) is 0 Å². The number of fused-ring (bicyclic) bond motifs is 6. The van der Waals surface area contributed by atoms with Gasteiger partial charge >= 0.3 is 0 Å². The lowest BCUT2D eigenvalue weighted by atomic mass is 9.70. The first kappa shape index (κ1) is 28.7. The minimum absolute atomic E-state index is 0.0124. The van der Waals surface area contributed by atoms with Crippen LogP contribution in [0.2, 0.25) is 0 Å². The molecule has 0 N–H and O–H groups in total. The van der Waals surface area contributed by atoms with E-state index in [-0.39, 0.29) is 5.41 Å². The molecule has 42 heavy (non-hydrogen) atoms. The van der Waals surface area contributed by atoms with Gasteiger partial charge in [0.1, 0.15) is 0 Å². The summed E-state index contributed by atoms with van der Waals surface area (Å²) in [4.78, 5) is 0. The summed E-state index contributed by atoms with van der Waals surface area (Å²) in [6.07, 6.45) is 6.96. The highest BCUT2D eigenvalue weighted by molar-refractivity contribution is 6.03. The number of aryl methyl sites for hydroxylation is 1. The van der Waals surface area contributed by atoms with Gasteiger partial charge in [-0.15, -0.1) is 0 Å². The average Bonchev–Trinajstić information content (AvgIpc) is 3.22. The molecule has 6 rings (SSSR count). The summed E-state index contributed by atoms with van der Waals surface area (Å²) < 4.78 is 0. The quantitative estimate of drug-likeness (QED) is 0.223. The first-order chi connectivity index (χ1) is 20.1. The van der Waals surface area contributed by atoms with Crippen molar-refractivity contribution in [3.8, 4) is 11.1 Å². The molecule has 0 amide bonds. The normalized spacial score (nSPS) is 20.5. The van der Waals surface area contributed by atoms with Gasteiger partial charge in [0.05, 0.1) is 0 Å². The summed E-state index contributed by atoms with van der Waals surface area (Å²) in [5.41, 5.74) is 16.1. The summed E-state index contributed by atoms with van der Waals surface area (Å²) in [6, 6.07) is 26.1. The molecule has 0 radical (unpaired) electrons. The Balaban J connectivity index is 1.38. The highest BCUT2D eigenvalue weighted by Crippen LogP contribution is 2.53. The fourth-order valence-corrected chi connectivity index (χ4v) is 8.11. The number of allylic oxidation sites excluding steroid dienone is 4. The predicted molar refractivity (Wildman–Crippen MR) is 184 cm³/mol. The van der Waals surface area contributed by atoms with Crippen LogP contribution in [0, 0.1) is 12.8 Å². The van der Waals surface area contributed by atoms with Gasteiger partial charge in [0.2, 0.25) is 0 Å². The number of hydrogen-bond acceptors (Lipinski definition) is 0. The van der Waals surface area contributed by atoms with E-state index in [0.29, 0.717) is 23.7 Å². The molecule has 0 fully saturated rings. The number of hydrogen-bond donors (Lipinski definition) is 0. The summed E-state index contributed by atoms with van der Waals surface area (Å²) in [5.74, 6) is 1.96. The van der Waals surface area contributed by atoms with Gasteiger partial charge in [-0.3, -0.25) is 0 Å². The van der Waals surface area contributed by atoms with Gasteiger partial charge in [0, 0.05) is 5.41 Å². The summed E-state index contributed by atoms with van der Waals surface area (Å²) in [7, 11) is 0. The van der Waals surface area contributed by atoms with E-state index >= 15 is 0 Å². The van der Waals surface area contributed by atoms with Gasteiger partial charge in [-0.25, -0.2) is 0 Å². The highest BCUT2D eigenvalue weighted by atomic mass is 14.4. The maximum absolute atomic E-state index is 2.55. The van der Waals surface area contributed by atoms with Crippen LogP contribution in [0.15, 0.2) is 84.5 Å². The molecule has 4 aromatic rings. The van der Waals surface area contributed by atoms with Gasteiger partial charge in [0.15, 0.2) is 0 Å². The highest BCUT2D eigenvalue weighted by Gasteiger charge is 2.37. The molecule has 0 aromatic heterocycles. The zero-order valence-corrected chi connectivity index (χ0v) is 27.2. The molecule has 2 aliphatic rings. The minimum atomic E-state index is -0.0124. The smallest absolute Gasteiger partial charge is 0.0159 e. The van der Waals surface area contributed by atoms with Crippen LogP contribution in [-0.2, 0) is 5.41 Å². The Kier molecular flexibility index (Phi) is 7.33. The molecule has 2 aliphatic carbocycles. The lowest BCUT2D eigenvalue weighted by molar-refractivity contribution is 0.529. The summed E-state index contributed by atoms with van der Waals surface area (Å²) in [6.45, 7) is 21.3. The van der Waals surface area contributed by atoms with Crippen LogP contribution >= 0.6 is 0 Å². The van der Waals surface area contributed by atoms with Crippen molar-refractivity contribution in [2.75, 3.05) is 0 Å². The Morgan fingerprint density at radius 1 is 0.786 bits per heavy atom. The second kappa shape index (κ2) is 10.7. The molecule has 0 aliphatic heterocycles. The third kappa shape index (κ3) is 4.33. The molecule has 0 bridgehead atoms. The number of rotatable bonds is 6.